The van der Waals surface area contributed by atoms with Crippen molar-refractivity contribution in [2.75, 3.05) is 6.61 Å². The van der Waals surface area contributed by atoms with Gasteiger partial charge in [0.25, 0.3) is 0 Å². The second kappa shape index (κ2) is 5.37. The number of terminal acetylenes is 1. The molecule has 1 saturated heterocycles. The fraction of sp³-hybridized carbons (Fsp3) is 0.308. The van der Waals surface area contributed by atoms with Gasteiger partial charge in [-0.3, -0.25) is 0 Å². The molecular weight excluding hydrogens is 281 g/mol. The first kappa shape index (κ1) is 12.2. The molecule has 1 aliphatic rings. The minimum atomic E-state index is -0.480. The van der Waals surface area contributed by atoms with Crippen molar-refractivity contribution >= 4 is 20.9 Å². The molecule has 88 valence electrons. The van der Waals surface area contributed by atoms with Crippen LogP contribution in [0.4, 0.5) is 0 Å². The monoisotopic (exact) mass is 295 g/mol. The summed E-state index contributed by atoms with van der Waals surface area (Å²) >= 11 is 0.152. The molecule has 3 nitrogen and oxygen atoms in total. The molecule has 1 aromatic rings. The summed E-state index contributed by atoms with van der Waals surface area (Å²) in [5.41, 5.74) is 1.26. The number of amides is 1. The van der Waals surface area contributed by atoms with Crippen molar-refractivity contribution in [3.05, 3.63) is 35.9 Å². The summed E-state index contributed by atoms with van der Waals surface area (Å²) in [5.74, 6) is 2.48. The molecule has 1 N–H and O–H groups in total. The van der Waals surface area contributed by atoms with E-state index in [1.54, 1.807) is 0 Å². The molecule has 0 aliphatic carbocycles. The van der Waals surface area contributed by atoms with Crippen molar-refractivity contribution in [2.45, 2.75) is 16.4 Å². The van der Waals surface area contributed by atoms with E-state index in [0.29, 0.717) is 6.42 Å². The van der Waals surface area contributed by atoms with Crippen molar-refractivity contribution in [1.29, 1.82) is 0 Å². The number of ether oxygens (including phenoxy) is 1. The normalized spacial score (nSPS) is 22.4. The number of carbonyl (C=O) groups is 1. The molecule has 1 atom stereocenters. The quantitative estimate of drug-likeness (QED) is 0.493. The van der Waals surface area contributed by atoms with E-state index in [9.17, 15) is 4.79 Å². The van der Waals surface area contributed by atoms with Crippen molar-refractivity contribution in [3.63, 3.8) is 0 Å². The van der Waals surface area contributed by atoms with Gasteiger partial charge < -0.3 is 0 Å². The zero-order valence-corrected chi connectivity index (χ0v) is 11.0. The van der Waals surface area contributed by atoms with Gasteiger partial charge in [-0.05, 0) is 0 Å². The van der Waals surface area contributed by atoms with Gasteiger partial charge in [0.05, 0.1) is 0 Å². The Labute approximate surface area is 107 Å². The van der Waals surface area contributed by atoms with Crippen LogP contribution in [0.2, 0.25) is 0 Å². The summed E-state index contributed by atoms with van der Waals surface area (Å²) in [6, 6.07) is 10.2. The third-order valence-corrected chi connectivity index (χ3v) is 5.17. The fourth-order valence-corrected chi connectivity index (χ4v) is 3.97. The number of carbonyl (C=O) groups excluding carboxylic acids is 1. The number of hydrogen-bond acceptors (Lipinski definition) is 2. The standard InChI is InChI=1S/C13H13NO2Se/c1-2-8-16-13(9-12(15)14-13)17-10-11-6-4-3-5-7-11/h1,3-7H,8-10H2,(H,14,15). The number of benzene rings is 1. The summed E-state index contributed by atoms with van der Waals surface area (Å²) < 4.78 is 5.09. The van der Waals surface area contributed by atoms with E-state index < -0.39 is 4.62 Å². The molecule has 1 unspecified atom stereocenters. The van der Waals surface area contributed by atoms with Crippen molar-refractivity contribution < 1.29 is 9.53 Å². The van der Waals surface area contributed by atoms with Crippen LogP contribution in [0.5, 0.6) is 0 Å². The van der Waals surface area contributed by atoms with Crippen molar-refractivity contribution in [2.24, 2.45) is 0 Å². The van der Waals surface area contributed by atoms with Crippen LogP contribution in [0.25, 0.3) is 0 Å². The van der Waals surface area contributed by atoms with Crippen molar-refractivity contribution in [1.82, 2.24) is 5.32 Å². The van der Waals surface area contributed by atoms with E-state index in [1.807, 2.05) is 18.2 Å². The van der Waals surface area contributed by atoms with Gasteiger partial charge >= 0.3 is 107 Å². The van der Waals surface area contributed by atoms with E-state index in [2.05, 4.69) is 23.4 Å². The Balaban J connectivity index is 1.91. The topological polar surface area (TPSA) is 38.3 Å². The van der Waals surface area contributed by atoms with Gasteiger partial charge in [0.2, 0.25) is 0 Å². The first-order chi connectivity index (χ1) is 8.24. The fourth-order valence-electron chi connectivity index (χ4n) is 1.55. The molecule has 1 heterocycles. The van der Waals surface area contributed by atoms with Gasteiger partial charge in [-0.25, -0.2) is 0 Å². The SMILES string of the molecule is C#CCOC1([Se]Cc2ccccc2)CC(=O)N1. The van der Waals surface area contributed by atoms with Gasteiger partial charge in [-0.15, -0.1) is 0 Å². The Kier molecular flexibility index (Phi) is 3.85. The van der Waals surface area contributed by atoms with Crippen LogP contribution in [-0.4, -0.2) is 32.1 Å². The van der Waals surface area contributed by atoms with Gasteiger partial charge in [-0.2, -0.15) is 0 Å². The molecule has 0 spiro atoms. The molecule has 1 amide bonds. The van der Waals surface area contributed by atoms with Gasteiger partial charge in [-0.1, -0.05) is 0 Å². The molecule has 0 bridgehead atoms. The average molecular weight is 294 g/mol. The molecule has 0 saturated carbocycles. The number of hydrogen-bond donors (Lipinski definition) is 1. The predicted molar refractivity (Wildman–Crippen MR) is 66.2 cm³/mol. The molecule has 0 aromatic heterocycles. The zero-order chi connectivity index (χ0) is 12.1. The van der Waals surface area contributed by atoms with Crippen LogP contribution in [0.15, 0.2) is 30.3 Å². The van der Waals surface area contributed by atoms with Crippen LogP contribution in [0.1, 0.15) is 12.0 Å². The molecule has 2 rings (SSSR count). The third-order valence-electron chi connectivity index (χ3n) is 2.43. The van der Waals surface area contributed by atoms with E-state index in [0.717, 1.165) is 5.32 Å². The molecule has 4 heteroatoms. The summed E-state index contributed by atoms with van der Waals surface area (Å²) in [6.45, 7) is 0.247. The van der Waals surface area contributed by atoms with Crippen LogP contribution < -0.4 is 5.32 Å². The zero-order valence-electron chi connectivity index (χ0n) is 9.31. The molecule has 0 radical (unpaired) electrons. The van der Waals surface area contributed by atoms with E-state index in [-0.39, 0.29) is 27.5 Å². The van der Waals surface area contributed by atoms with Gasteiger partial charge in [0.15, 0.2) is 0 Å². The summed E-state index contributed by atoms with van der Waals surface area (Å²) in [7, 11) is 0. The minimum absolute atomic E-state index is 0.0389. The van der Waals surface area contributed by atoms with Crippen molar-refractivity contribution in [3.8, 4) is 12.3 Å². The Bertz CT molecular complexity index is 430. The van der Waals surface area contributed by atoms with Gasteiger partial charge in [0.1, 0.15) is 0 Å². The number of rotatable bonds is 5. The maximum absolute atomic E-state index is 11.1. The third kappa shape index (κ3) is 3.10. The summed E-state index contributed by atoms with van der Waals surface area (Å²) in [6.07, 6.45) is 5.61. The van der Waals surface area contributed by atoms with Gasteiger partial charge in [0, 0.05) is 0 Å². The van der Waals surface area contributed by atoms with E-state index >= 15 is 0 Å². The Hall–Kier alpha value is -1.27. The number of nitrogens with one attached hydrogen (secondary N) is 1. The number of β-lactam (4-membered cyclic amide) rings is 1. The first-order valence-corrected chi connectivity index (χ1v) is 7.37. The van der Waals surface area contributed by atoms with E-state index in [1.165, 1.54) is 5.56 Å². The van der Waals surface area contributed by atoms with Crippen LogP contribution >= 0.6 is 0 Å². The summed E-state index contributed by atoms with van der Waals surface area (Å²) in [5, 5.41) is 3.76. The molecular formula is C13H13NO2Se. The molecule has 1 fully saturated rings. The van der Waals surface area contributed by atoms with Crippen LogP contribution in [-0.2, 0) is 14.9 Å². The Morgan fingerprint density at radius 1 is 1.47 bits per heavy atom. The first-order valence-electron chi connectivity index (χ1n) is 5.30. The Morgan fingerprint density at radius 3 is 2.76 bits per heavy atom. The van der Waals surface area contributed by atoms with E-state index in [4.69, 9.17) is 11.2 Å². The molecule has 17 heavy (non-hydrogen) atoms. The maximum atomic E-state index is 11.1. The second-order valence-corrected chi connectivity index (χ2v) is 6.34. The molecule has 1 aromatic carbocycles. The predicted octanol–water partition coefficient (Wildman–Crippen LogP) is 0.714. The summed E-state index contributed by atoms with van der Waals surface area (Å²) in [4.78, 5) is 11.1. The molecule has 1 aliphatic heterocycles. The van der Waals surface area contributed by atoms with Crippen LogP contribution in [0.3, 0.4) is 0 Å². The Morgan fingerprint density at radius 2 is 2.18 bits per heavy atom. The van der Waals surface area contributed by atoms with Crippen LogP contribution in [0, 0.1) is 12.3 Å². The average Bonchev–Trinajstić information content (AvgIpc) is 2.32. The second-order valence-electron chi connectivity index (χ2n) is 3.74.